The molecule has 0 spiro atoms. The average Bonchev–Trinajstić information content (AvgIpc) is 3.14. The van der Waals surface area contributed by atoms with E-state index in [1.165, 1.54) is 41.3 Å². The summed E-state index contributed by atoms with van der Waals surface area (Å²) in [5, 5.41) is 10.7. The molecule has 0 aliphatic rings. The van der Waals surface area contributed by atoms with Crippen LogP contribution >= 0.6 is 34.7 Å². The van der Waals surface area contributed by atoms with Crippen LogP contribution in [-0.2, 0) is 10.0 Å². The Morgan fingerprint density at radius 3 is 2.57 bits per heavy atom. The summed E-state index contributed by atoms with van der Waals surface area (Å²) in [6.07, 6.45) is 0. The maximum atomic E-state index is 12.8. The van der Waals surface area contributed by atoms with E-state index in [2.05, 4.69) is 20.2 Å². The highest BCUT2D eigenvalue weighted by Gasteiger charge is 2.25. The Labute approximate surface area is 188 Å². The minimum atomic E-state index is -3.90. The number of amides is 1. The summed E-state index contributed by atoms with van der Waals surface area (Å²) in [5.41, 5.74) is 1.69. The monoisotopic (exact) mass is 482 g/mol. The van der Waals surface area contributed by atoms with Crippen LogP contribution in [0.25, 0.3) is 0 Å². The Hall–Kier alpha value is -1.98. The summed E-state index contributed by atoms with van der Waals surface area (Å²) >= 11 is 8.88. The Morgan fingerprint density at radius 1 is 1.17 bits per heavy atom. The molecule has 0 bridgehead atoms. The largest absolute Gasteiger partial charge is 0.321 e. The molecule has 0 saturated carbocycles. The van der Waals surface area contributed by atoms with Crippen LogP contribution in [0.4, 0.5) is 5.69 Å². The second-order valence-electron chi connectivity index (χ2n) is 7.26. The zero-order chi connectivity index (χ0) is 21.9. The molecule has 0 aliphatic carbocycles. The number of nitrogens with zero attached hydrogens (tertiary/aromatic N) is 2. The van der Waals surface area contributed by atoms with Crippen molar-refractivity contribution in [3.63, 3.8) is 0 Å². The molecule has 3 aromatic rings. The number of nitrogens with one attached hydrogen (secondary N) is 2. The first-order valence-electron chi connectivity index (χ1n) is 8.73. The smallest absolute Gasteiger partial charge is 0.255 e. The molecule has 11 heteroatoms. The molecule has 1 heterocycles. The molecule has 0 atom stereocenters. The minimum Gasteiger partial charge on any atom is -0.321 e. The van der Waals surface area contributed by atoms with E-state index in [1.54, 1.807) is 38.4 Å². The van der Waals surface area contributed by atoms with E-state index in [1.807, 2.05) is 12.1 Å². The van der Waals surface area contributed by atoms with Gasteiger partial charge in [0.05, 0.1) is 10.7 Å². The van der Waals surface area contributed by atoms with Crippen molar-refractivity contribution in [2.75, 3.05) is 5.32 Å². The predicted molar refractivity (Wildman–Crippen MR) is 120 cm³/mol. The van der Waals surface area contributed by atoms with Gasteiger partial charge in [0.15, 0.2) is 4.34 Å². The van der Waals surface area contributed by atoms with Gasteiger partial charge in [0.2, 0.25) is 10.0 Å². The normalized spacial score (nSPS) is 12.0. The van der Waals surface area contributed by atoms with Crippen molar-refractivity contribution in [1.82, 2.24) is 14.9 Å². The van der Waals surface area contributed by atoms with Gasteiger partial charge in [0.1, 0.15) is 10.4 Å². The molecule has 158 valence electrons. The van der Waals surface area contributed by atoms with E-state index >= 15 is 0 Å². The van der Waals surface area contributed by atoms with Crippen molar-refractivity contribution in [3.05, 3.63) is 58.6 Å². The lowest BCUT2D eigenvalue weighted by Crippen LogP contribution is -2.40. The first-order valence-corrected chi connectivity index (χ1v) is 12.3. The van der Waals surface area contributed by atoms with Gasteiger partial charge in [-0.1, -0.05) is 46.8 Å². The maximum absolute atomic E-state index is 12.8. The van der Waals surface area contributed by atoms with Gasteiger partial charge in [0, 0.05) is 16.0 Å². The van der Waals surface area contributed by atoms with Crippen LogP contribution < -0.4 is 10.0 Å². The minimum absolute atomic E-state index is 0.0375. The number of aromatic nitrogens is 2. The lowest BCUT2D eigenvalue weighted by Gasteiger charge is -2.21. The van der Waals surface area contributed by atoms with Crippen molar-refractivity contribution in [3.8, 4) is 0 Å². The molecule has 1 amide bonds. The predicted octanol–water partition coefficient (Wildman–Crippen LogP) is 4.67. The second-order valence-corrected chi connectivity index (χ2v) is 11.4. The van der Waals surface area contributed by atoms with Crippen LogP contribution in [-0.4, -0.2) is 30.1 Å². The topological polar surface area (TPSA) is 101 Å². The number of carbonyl (C=O) groups excluding carboxylic acids is 1. The molecule has 2 aromatic carbocycles. The van der Waals surface area contributed by atoms with Gasteiger partial charge < -0.3 is 5.32 Å². The molecule has 7 nitrogen and oxygen atoms in total. The van der Waals surface area contributed by atoms with Gasteiger partial charge in [-0.15, -0.1) is 10.2 Å². The van der Waals surface area contributed by atoms with Crippen LogP contribution in [0.3, 0.4) is 0 Å². The van der Waals surface area contributed by atoms with E-state index in [9.17, 15) is 13.2 Å². The van der Waals surface area contributed by atoms with Crippen molar-refractivity contribution in [1.29, 1.82) is 0 Å². The van der Waals surface area contributed by atoms with E-state index in [-0.39, 0.29) is 15.5 Å². The molecule has 2 N–H and O–H groups in total. The number of hydrogen-bond acceptors (Lipinski definition) is 7. The van der Waals surface area contributed by atoms with Gasteiger partial charge >= 0.3 is 0 Å². The Balaban J connectivity index is 1.87. The van der Waals surface area contributed by atoms with Crippen LogP contribution in [0.5, 0.6) is 0 Å². The number of para-hydroxylation sites is 1. The van der Waals surface area contributed by atoms with E-state index in [0.717, 1.165) is 9.24 Å². The van der Waals surface area contributed by atoms with Crippen molar-refractivity contribution >= 4 is 56.3 Å². The van der Waals surface area contributed by atoms with Gasteiger partial charge in [-0.3, -0.25) is 4.79 Å². The van der Waals surface area contributed by atoms with Crippen molar-refractivity contribution in [2.45, 2.75) is 40.4 Å². The van der Waals surface area contributed by atoms with E-state index < -0.39 is 21.5 Å². The Kier molecular flexibility index (Phi) is 6.83. The van der Waals surface area contributed by atoms with Crippen molar-refractivity contribution in [2.24, 2.45) is 0 Å². The number of halogens is 1. The highest BCUT2D eigenvalue weighted by molar-refractivity contribution is 8.01. The molecular weight excluding hydrogens is 464 g/mol. The molecule has 0 saturated heterocycles. The number of sulfonamides is 1. The summed E-state index contributed by atoms with van der Waals surface area (Å²) < 4.78 is 28.7. The summed E-state index contributed by atoms with van der Waals surface area (Å²) in [5.74, 6) is -0.454. The fraction of sp³-hybridized carbons (Fsp3) is 0.211. The summed E-state index contributed by atoms with van der Waals surface area (Å²) in [6, 6.07) is 11.4. The molecule has 0 radical (unpaired) electrons. The first kappa shape index (κ1) is 22.7. The van der Waals surface area contributed by atoms with Gasteiger partial charge in [-0.25, -0.2) is 13.1 Å². The third kappa shape index (κ3) is 5.79. The summed E-state index contributed by atoms with van der Waals surface area (Å²) in [4.78, 5) is 13.5. The summed E-state index contributed by atoms with van der Waals surface area (Å²) in [7, 11) is -3.90. The van der Waals surface area contributed by atoms with E-state index in [0.29, 0.717) is 5.69 Å². The zero-order valence-electron chi connectivity index (χ0n) is 16.3. The first-order chi connectivity index (χ1) is 14.0. The lowest BCUT2D eigenvalue weighted by atomic mass is 10.1. The third-order valence-electron chi connectivity index (χ3n) is 3.60. The maximum Gasteiger partial charge on any atom is 0.255 e. The Morgan fingerprint density at radius 2 is 1.90 bits per heavy atom. The SMILES string of the molecule is CC(C)(C)NS(=O)(=O)c1cc(C(=O)Nc2ccccc2Sc2nncs2)ccc1Cl. The van der Waals surface area contributed by atoms with Crippen LogP contribution in [0.15, 0.2) is 62.1 Å². The highest BCUT2D eigenvalue weighted by Crippen LogP contribution is 2.34. The molecule has 0 unspecified atom stereocenters. The molecule has 0 aliphatic heterocycles. The zero-order valence-corrected chi connectivity index (χ0v) is 19.5. The van der Waals surface area contributed by atoms with Gasteiger partial charge in [-0.05, 0) is 51.1 Å². The highest BCUT2D eigenvalue weighted by atomic mass is 35.5. The number of carbonyl (C=O) groups is 1. The van der Waals surface area contributed by atoms with Crippen molar-refractivity contribution < 1.29 is 13.2 Å². The number of hydrogen-bond donors (Lipinski definition) is 2. The van der Waals surface area contributed by atoms with Gasteiger partial charge in [0.25, 0.3) is 5.91 Å². The standard InChI is InChI=1S/C19H19ClN4O3S3/c1-19(2,3)24-30(26,27)16-10-12(8-9-13(16)20)17(25)22-14-6-4-5-7-15(14)29-18-23-21-11-28-18/h4-11,24H,1-3H3,(H,22,25). The quantitative estimate of drug-likeness (QED) is 0.529. The fourth-order valence-corrected chi connectivity index (χ4v) is 5.93. The molecular formula is C19H19ClN4O3S3. The fourth-order valence-electron chi connectivity index (χ4n) is 2.46. The number of anilines is 1. The molecule has 1 aromatic heterocycles. The Bertz CT molecular complexity index is 1160. The number of rotatable bonds is 6. The number of benzene rings is 2. The third-order valence-corrected chi connectivity index (χ3v) is 7.69. The lowest BCUT2D eigenvalue weighted by molar-refractivity contribution is 0.102. The van der Waals surface area contributed by atoms with Gasteiger partial charge in [-0.2, -0.15) is 0 Å². The van der Waals surface area contributed by atoms with Crippen LogP contribution in [0.2, 0.25) is 5.02 Å². The average molecular weight is 483 g/mol. The summed E-state index contributed by atoms with van der Waals surface area (Å²) in [6.45, 7) is 5.17. The van der Waals surface area contributed by atoms with Crippen LogP contribution in [0, 0.1) is 0 Å². The molecule has 30 heavy (non-hydrogen) atoms. The van der Waals surface area contributed by atoms with E-state index in [4.69, 9.17) is 11.6 Å². The van der Waals surface area contributed by atoms with Crippen LogP contribution in [0.1, 0.15) is 31.1 Å². The second kappa shape index (κ2) is 9.03. The molecule has 0 fully saturated rings. The molecule has 3 rings (SSSR count).